The van der Waals surface area contributed by atoms with Crippen molar-refractivity contribution in [2.24, 2.45) is 0 Å². The van der Waals surface area contributed by atoms with Crippen LogP contribution >= 0.6 is 12.2 Å². The third-order valence-corrected chi connectivity index (χ3v) is 3.42. The molecule has 0 aliphatic rings. The number of ether oxygens (including phenoxy) is 1. The molecule has 0 radical (unpaired) electrons. The molecule has 0 saturated heterocycles. The zero-order valence-electron chi connectivity index (χ0n) is 11.7. The molecule has 0 spiro atoms. The lowest BCUT2D eigenvalue weighted by Gasteiger charge is -2.11. The van der Waals surface area contributed by atoms with Crippen molar-refractivity contribution in [1.82, 2.24) is 10.2 Å². The van der Waals surface area contributed by atoms with E-state index >= 15 is 0 Å². The van der Waals surface area contributed by atoms with Crippen molar-refractivity contribution in [3.63, 3.8) is 0 Å². The molecule has 19 heavy (non-hydrogen) atoms. The van der Waals surface area contributed by atoms with Gasteiger partial charge in [-0.05, 0) is 63.1 Å². The molecule has 2 rings (SSSR count). The number of hydrogen-bond donors (Lipinski definition) is 1. The number of nitrogens with one attached hydrogen (secondary N) is 1. The molecule has 0 aliphatic heterocycles. The van der Waals surface area contributed by atoms with E-state index in [4.69, 9.17) is 17.0 Å². The molecule has 4 heteroatoms. The summed E-state index contributed by atoms with van der Waals surface area (Å²) in [6.07, 6.45) is 0.181. The summed E-state index contributed by atoms with van der Waals surface area (Å²) in [5.41, 5.74) is 4.17. The van der Waals surface area contributed by atoms with Crippen LogP contribution in [0, 0.1) is 18.5 Å². The number of rotatable bonds is 3. The van der Waals surface area contributed by atoms with E-state index in [-0.39, 0.29) is 6.10 Å². The van der Waals surface area contributed by atoms with Gasteiger partial charge in [0.05, 0.1) is 11.8 Å². The number of nitrogens with zero attached hydrogens (tertiary/aromatic N) is 1. The summed E-state index contributed by atoms with van der Waals surface area (Å²) in [6.45, 7) is 8.08. The molecular weight excluding hydrogens is 256 g/mol. The highest BCUT2D eigenvalue weighted by Crippen LogP contribution is 2.25. The van der Waals surface area contributed by atoms with E-state index in [1.165, 1.54) is 0 Å². The first-order chi connectivity index (χ1) is 8.99. The van der Waals surface area contributed by atoms with Gasteiger partial charge in [0.1, 0.15) is 10.4 Å². The topological polar surface area (TPSA) is 37.9 Å². The summed E-state index contributed by atoms with van der Waals surface area (Å²) >= 11 is 5.18. The van der Waals surface area contributed by atoms with Gasteiger partial charge < -0.3 is 4.74 Å². The SMILES string of the molecule is Cc1c(-c2ccc(OC(C)C)cc2)n[nH]c(=S)c1C. The third-order valence-electron chi connectivity index (χ3n) is 3.03. The van der Waals surface area contributed by atoms with Crippen molar-refractivity contribution in [1.29, 1.82) is 0 Å². The minimum atomic E-state index is 0.181. The zero-order chi connectivity index (χ0) is 14.0. The van der Waals surface area contributed by atoms with Gasteiger partial charge in [-0.25, -0.2) is 0 Å². The van der Waals surface area contributed by atoms with Gasteiger partial charge in [0, 0.05) is 5.56 Å². The number of benzene rings is 1. The lowest BCUT2D eigenvalue weighted by Crippen LogP contribution is -2.05. The predicted octanol–water partition coefficient (Wildman–Crippen LogP) is 4.21. The van der Waals surface area contributed by atoms with Gasteiger partial charge in [0.15, 0.2) is 0 Å². The quantitative estimate of drug-likeness (QED) is 0.852. The molecule has 1 aromatic heterocycles. The smallest absolute Gasteiger partial charge is 0.122 e. The van der Waals surface area contributed by atoms with E-state index in [0.29, 0.717) is 4.64 Å². The van der Waals surface area contributed by atoms with E-state index in [1.807, 2.05) is 52.0 Å². The molecule has 100 valence electrons. The van der Waals surface area contributed by atoms with Gasteiger partial charge in [-0.2, -0.15) is 5.10 Å². The molecule has 0 unspecified atom stereocenters. The minimum Gasteiger partial charge on any atom is -0.491 e. The van der Waals surface area contributed by atoms with E-state index in [1.54, 1.807) is 0 Å². The second-order valence-electron chi connectivity index (χ2n) is 4.84. The second-order valence-corrected chi connectivity index (χ2v) is 5.25. The van der Waals surface area contributed by atoms with Crippen molar-refractivity contribution in [2.45, 2.75) is 33.8 Å². The van der Waals surface area contributed by atoms with Gasteiger partial charge in [0.2, 0.25) is 0 Å². The van der Waals surface area contributed by atoms with Crippen LogP contribution < -0.4 is 4.74 Å². The minimum absolute atomic E-state index is 0.181. The molecule has 0 saturated carbocycles. The highest BCUT2D eigenvalue weighted by Gasteiger charge is 2.07. The van der Waals surface area contributed by atoms with Crippen LogP contribution in [0.3, 0.4) is 0 Å². The van der Waals surface area contributed by atoms with E-state index < -0.39 is 0 Å². The Balaban J connectivity index is 2.38. The largest absolute Gasteiger partial charge is 0.491 e. The molecule has 1 heterocycles. The second kappa shape index (κ2) is 5.53. The number of H-pyrrole nitrogens is 1. The Morgan fingerprint density at radius 3 is 2.32 bits per heavy atom. The van der Waals surface area contributed by atoms with Crippen LogP contribution in [0.1, 0.15) is 25.0 Å². The summed E-state index contributed by atoms with van der Waals surface area (Å²) in [6, 6.07) is 7.97. The summed E-state index contributed by atoms with van der Waals surface area (Å²) < 4.78 is 6.33. The Morgan fingerprint density at radius 2 is 1.74 bits per heavy atom. The molecule has 0 bridgehead atoms. The normalized spacial score (nSPS) is 10.8. The van der Waals surface area contributed by atoms with Crippen molar-refractivity contribution in [3.05, 3.63) is 40.0 Å². The average molecular weight is 274 g/mol. The first-order valence-corrected chi connectivity index (χ1v) is 6.73. The average Bonchev–Trinajstić information content (AvgIpc) is 2.37. The first-order valence-electron chi connectivity index (χ1n) is 6.32. The molecule has 3 nitrogen and oxygen atoms in total. The summed E-state index contributed by atoms with van der Waals surface area (Å²) in [4.78, 5) is 0. The monoisotopic (exact) mass is 274 g/mol. The predicted molar refractivity (Wildman–Crippen MR) is 80.1 cm³/mol. The molecule has 2 aromatic rings. The Hall–Kier alpha value is -1.68. The summed E-state index contributed by atoms with van der Waals surface area (Å²) in [5, 5.41) is 7.22. The Morgan fingerprint density at radius 1 is 1.11 bits per heavy atom. The van der Waals surface area contributed by atoms with Crippen molar-refractivity contribution in [3.8, 4) is 17.0 Å². The lowest BCUT2D eigenvalue weighted by molar-refractivity contribution is 0.242. The van der Waals surface area contributed by atoms with Crippen LogP contribution in [0.15, 0.2) is 24.3 Å². The summed E-state index contributed by atoms with van der Waals surface area (Å²) in [5.74, 6) is 0.872. The van der Waals surface area contributed by atoms with Crippen molar-refractivity contribution in [2.75, 3.05) is 0 Å². The third kappa shape index (κ3) is 3.01. The standard InChI is InChI=1S/C15H18N2OS/c1-9(2)18-13-7-5-12(6-8-13)14-10(3)11(4)15(19)17-16-14/h5-9H,1-4H3,(H,17,19). The van der Waals surface area contributed by atoms with Crippen molar-refractivity contribution < 1.29 is 4.74 Å². The van der Waals surface area contributed by atoms with Crippen molar-refractivity contribution >= 4 is 12.2 Å². The Kier molecular flexibility index (Phi) is 4.00. The fourth-order valence-corrected chi connectivity index (χ4v) is 2.07. The Bertz CT molecular complexity index is 630. The van der Waals surface area contributed by atoms with Crippen LogP contribution in [-0.4, -0.2) is 16.3 Å². The summed E-state index contributed by atoms with van der Waals surface area (Å²) in [7, 11) is 0. The maximum Gasteiger partial charge on any atom is 0.122 e. The van der Waals surface area contributed by atoms with Gasteiger partial charge in [-0.1, -0.05) is 12.2 Å². The molecule has 0 aliphatic carbocycles. The fourth-order valence-electron chi connectivity index (χ4n) is 1.87. The lowest BCUT2D eigenvalue weighted by atomic mass is 10.0. The fraction of sp³-hybridized carbons (Fsp3) is 0.333. The maximum atomic E-state index is 5.63. The highest BCUT2D eigenvalue weighted by molar-refractivity contribution is 7.71. The zero-order valence-corrected chi connectivity index (χ0v) is 12.5. The number of hydrogen-bond acceptors (Lipinski definition) is 3. The maximum absolute atomic E-state index is 5.63. The van der Waals surface area contributed by atoms with Crippen LogP contribution in [0.25, 0.3) is 11.3 Å². The van der Waals surface area contributed by atoms with E-state index in [9.17, 15) is 0 Å². The molecule has 0 amide bonds. The van der Waals surface area contributed by atoms with Crippen LogP contribution in [0.2, 0.25) is 0 Å². The molecular formula is C15H18N2OS. The molecule has 1 N–H and O–H groups in total. The first kappa shape index (κ1) is 13.7. The Labute approximate surface area is 118 Å². The molecule has 0 atom stereocenters. The van der Waals surface area contributed by atoms with E-state index in [0.717, 1.165) is 28.1 Å². The number of aromatic amines is 1. The van der Waals surface area contributed by atoms with Crippen LogP contribution in [0.5, 0.6) is 5.75 Å². The highest BCUT2D eigenvalue weighted by atomic mass is 32.1. The van der Waals surface area contributed by atoms with Gasteiger partial charge in [0.25, 0.3) is 0 Å². The number of aromatic nitrogens is 2. The van der Waals surface area contributed by atoms with Crippen LogP contribution in [0.4, 0.5) is 0 Å². The van der Waals surface area contributed by atoms with Gasteiger partial charge >= 0.3 is 0 Å². The van der Waals surface area contributed by atoms with Gasteiger partial charge in [-0.15, -0.1) is 0 Å². The molecule has 1 aromatic carbocycles. The van der Waals surface area contributed by atoms with Crippen LogP contribution in [-0.2, 0) is 0 Å². The van der Waals surface area contributed by atoms with E-state index in [2.05, 4.69) is 10.2 Å². The van der Waals surface area contributed by atoms with Gasteiger partial charge in [-0.3, -0.25) is 5.10 Å². The molecule has 0 fully saturated rings.